The summed E-state index contributed by atoms with van der Waals surface area (Å²) in [5, 5.41) is 4.48. The minimum Gasteiger partial charge on any atom is -0.323 e. The maximum atomic E-state index is 6.30. The predicted octanol–water partition coefficient (Wildman–Crippen LogP) is 2.91. The summed E-state index contributed by atoms with van der Waals surface area (Å²) in [5.74, 6) is 0. The molecule has 0 aliphatic carbocycles. The Morgan fingerprint density at radius 1 is 1.28 bits per heavy atom. The lowest BCUT2D eigenvalue weighted by Crippen LogP contribution is -2.20. The SMILES string of the molecule is Cc1ccc(C(N)C(C)Sc2cnn(C)c2)cc1. The van der Waals surface area contributed by atoms with Crippen molar-refractivity contribution in [2.24, 2.45) is 12.8 Å². The molecule has 96 valence electrons. The first-order valence-corrected chi connectivity index (χ1v) is 6.91. The van der Waals surface area contributed by atoms with Crippen molar-refractivity contribution in [2.75, 3.05) is 0 Å². The highest BCUT2D eigenvalue weighted by Crippen LogP contribution is 2.30. The molecular weight excluding hydrogens is 242 g/mol. The molecule has 0 bridgehead atoms. The second-order valence-corrected chi connectivity index (χ2v) is 6.06. The molecule has 1 heterocycles. The smallest absolute Gasteiger partial charge is 0.0625 e. The van der Waals surface area contributed by atoms with Crippen LogP contribution in [0.4, 0.5) is 0 Å². The van der Waals surface area contributed by atoms with Crippen molar-refractivity contribution in [1.29, 1.82) is 0 Å². The molecule has 1 aromatic heterocycles. The summed E-state index contributed by atoms with van der Waals surface area (Å²) in [6.45, 7) is 4.24. The zero-order valence-electron chi connectivity index (χ0n) is 11.0. The van der Waals surface area contributed by atoms with E-state index in [1.165, 1.54) is 11.1 Å². The predicted molar refractivity (Wildman–Crippen MR) is 76.6 cm³/mol. The lowest BCUT2D eigenvalue weighted by atomic mass is 10.0. The van der Waals surface area contributed by atoms with Gasteiger partial charge in [-0.15, -0.1) is 11.8 Å². The van der Waals surface area contributed by atoms with Gasteiger partial charge in [0, 0.05) is 29.4 Å². The molecule has 2 unspecified atom stereocenters. The van der Waals surface area contributed by atoms with Gasteiger partial charge in [-0.05, 0) is 12.5 Å². The quantitative estimate of drug-likeness (QED) is 0.861. The van der Waals surface area contributed by atoms with Gasteiger partial charge in [-0.1, -0.05) is 36.8 Å². The van der Waals surface area contributed by atoms with Crippen LogP contribution in [0.3, 0.4) is 0 Å². The molecule has 0 aliphatic rings. The van der Waals surface area contributed by atoms with Crippen LogP contribution in [0.2, 0.25) is 0 Å². The third-order valence-electron chi connectivity index (χ3n) is 2.97. The highest BCUT2D eigenvalue weighted by molar-refractivity contribution is 8.00. The maximum absolute atomic E-state index is 6.30. The molecule has 0 spiro atoms. The van der Waals surface area contributed by atoms with Crippen LogP contribution in [0.1, 0.15) is 24.1 Å². The molecule has 0 saturated carbocycles. The molecule has 0 radical (unpaired) electrons. The number of thioether (sulfide) groups is 1. The summed E-state index contributed by atoms with van der Waals surface area (Å²) in [4.78, 5) is 1.16. The minimum absolute atomic E-state index is 0.0378. The van der Waals surface area contributed by atoms with Crippen molar-refractivity contribution in [3.63, 3.8) is 0 Å². The molecule has 0 amide bonds. The van der Waals surface area contributed by atoms with Gasteiger partial charge in [0.15, 0.2) is 0 Å². The molecule has 0 aliphatic heterocycles. The van der Waals surface area contributed by atoms with Gasteiger partial charge in [0.05, 0.1) is 6.20 Å². The molecular formula is C14H19N3S. The number of hydrogen-bond acceptors (Lipinski definition) is 3. The minimum atomic E-state index is 0.0378. The van der Waals surface area contributed by atoms with E-state index in [0.717, 1.165) is 4.90 Å². The van der Waals surface area contributed by atoms with Gasteiger partial charge < -0.3 is 5.73 Å². The molecule has 2 rings (SSSR count). The molecule has 2 aromatic rings. The van der Waals surface area contributed by atoms with Gasteiger partial charge in [-0.2, -0.15) is 5.10 Å². The highest BCUT2D eigenvalue weighted by Gasteiger charge is 2.16. The van der Waals surface area contributed by atoms with Gasteiger partial charge in [-0.3, -0.25) is 4.68 Å². The van der Waals surface area contributed by atoms with Crippen LogP contribution in [-0.2, 0) is 7.05 Å². The summed E-state index contributed by atoms with van der Waals surface area (Å²) in [5.41, 5.74) is 8.74. The van der Waals surface area contributed by atoms with E-state index in [4.69, 9.17) is 5.73 Å². The first-order chi connectivity index (χ1) is 8.56. The Kier molecular flexibility index (Phi) is 4.09. The second-order valence-electron chi connectivity index (χ2n) is 4.61. The third-order valence-corrected chi connectivity index (χ3v) is 4.12. The first-order valence-electron chi connectivity index (χ1n) is 6.03. The normalized spacial score (nSPS) is 14.4. The van der Waals surface area contributed by atoms with Crippen LogP contribution in [0, 0.1) is 6.92 Å². The number of aromatic nitrogens is 2. The van der Waals surface area contributed by atoms with Gasteiger partial charge >= 0.3 is 0 Å². The molecule has 18 heavy (non-hydrogen) atoms. The van der Waals surface area contributed by atoms with Gasteiger partial charge in [-0.25, -0.2) is 0 Å². The Bertz CT molecular complexity index is 504. The van der Waals surface area contributed by atoms with Crippen LogP contribution in [0.15, 0.2) is 41.6 Å². The standard InChI is InChI=1S/C14H19N3S/c1-10-4-6-12(7-5-10)14(15)11(2)18-13-8-16-17(3)9-13/h4-9,11,14H,15H2,1-3H3. The number of hydrogen-bond donors (Lipinski definition) is 1. The van der Waals surface area contributed by atoms with Crippen molar-refractivity contribution in [1.82, 2.24) is 9.78 Å². The summed E-state index contributed by atoms with van der Waals surface area (Å²) in [7, 11) is 1.93. The molecule has 0 fully saturated rings. The van der Waals surface area contributed by atoms with E-state index in [2.05, 4.69) is 43.2 Å². The molecule has 2 N–H and O–H groups in total. The zero-order valence-corrected chi connectivity index (χ0v) is 11.8. The van der Waals surface area contributed by atoms with Crippen LogP contribution >= 0.6 is 11.8 Å². The van der Waals surface area contributed by atoms with E-state index in [1.807, 2.05) is 24.1 Å². The van der Waals surface area contributed by atoms with Crippen molar-refractivity contribution >= 4 is 11.8 Å². The number of benzene rings is 1. The average Bonchev–Trinajstić information content (AvgIpc) is 2.75. The molecule has 2 atom stereocenters. The Labute approximate surface area is 112 Å². The monoisotopic (exact) mass is 261 g/mol. The lowest BCUT2D eigenvalue weighted by Gasteiger charge is -2.19. The van der Waals surface area contributed by atoms with Crippen molar-refractivity contribution < 1.29 is 0 Å². The van der Waals surface area contributed by atoms with Crippen LogP contribution in [-0.4, -0.2) is 15.0 Å². The Morgan fingerprint density at radius 3 is 2.50 bits per heavy atom. The summed E-state index contributed by atoms with van der Waals surface area (Å²) < 4.78 is 1.81. The fourth-order valence-electron chi connectivity index (χ4n) is 1.81. The molecule has 0 saturated heterocycles. The zero-order chi connectivity index (χ0) is 13.1. The largest absolute Gasteiger partial charge is 0.323 e. The summed E-state index contributed by atoms with van der Waals surface area (Å²) in [6, 6.07) is 8.48. The van der Waals surface area contributed by atoms with Crippen LogP contribution in [0.5, 0.6) is 0 Å². The summed E-state index contributed by atoms with van der Waals surface area (Å²) in [6.07, 6.45) is 3.89. The number of rotatable bonds is 4. The van der Waals surface area contributed by atoms with Crippen LogP contribution < -0.4 is 5.73 Å². The van der Waals surface area contributed by atoms with Crippen molar-refractivity contribution in [3.05, 3.63) is 47.8 Å². The Hall–Kier alpha value is -1.26. The van der Waals surface area contributed by atoms with E-state index < -0.39 is 0 Å². The van der Waals surface area contributed by atoms with Crippen molar-refractivity contribution in [3.8, 4) is 0 Å². The fraction of sp³-hybridized carbons (Fsp3) is 0.357. The fourth-order valence-corrected chi connectivity index (χ4v) is 2.86. The second kappa shape index (κ2) is 5.59. The number of aryl methyl sites for hydroxylation is 2. The van der Waals surface area contributed by atoms with Gasteiger partial charge in [0.1, 0.15) is 0 Å². The van der Waals surface area contributed by atoms with E-state index in [9.17, 15) is 0 Å². The molecule has 4 heteroatoms. The van der Waals surface area contributed by atoms with Gasteiger partial charge in [0.25, 0.3) is 0 Å². The van der Waals surface area contributed by atoms with E-state index in [0.29, 0.717) is 5.25 Å². The highest BCUT2D eigenvalue weighted by atomic mass is 32.2. The van der Waals surface area contributed by atoms with E-state index in [-0.39, 0.29) is 6.04 Å². The van der Waals surface area contributed by atoms with Gasteiger partial charge in [0.2, 0.25) is 0 Å². The Balaban J connectivity index is 2.04. The number of nitrogens with two attached hydrogens (primary N) is 1. The third kappa shape index (κ3) is 3.15. The Morgan fingerprint density at radius 2 is 1.94 bits per heavy atom. The van der Waals surface area contributed by atoms with Crippen molar-refractivity contribution in [2.45, 2.75) is 30.0 Å². The van der Waals surface area contributed by atoms with E-state index >= 15 is 0 Å². The maximum Gasteiger partial charge on any atom is 0.0625 e. The summed E-state index contributed by atoms with van der Waals surface area (Å²) >= 11 is 1.76. The topological polar surface area (TPSA) is 43.8 Å². The molecule has 1 aromatic carbocycles. The average molecular weight is 261 g/mol. The first kappa shape index (κ1) is 13.2. The molecule has 3 nitrogen and oxygen atoms in total. The number of nitrogens with zero attached hydrogens (tertiary/aromatic N) is 2. The van der Waals surface area contributed by atoms with E-state index in [1.54, 1.807) is 11.8 Å². The van der Waals surface area contributed by atoms with Crippen LogP contribution in [0.25, 0.3) is 0 Å². The lowest BCUT2D eigenvalue weighted by molar-refractivity contribution is 0.714.